The van der Waals surface area contributed by atoms with Gasteiger partial charge in [-0.1, -0.05) is 30.7 Å². The zero-order valence-corrected chi connectivity index (χ0v) is 16.1. The van der Waals surface area contributed by atoms with E-state index in [1.807, 2.05) is 37.3 Å². The molecular weight excluding hydrogens is 348 g/mol. The summed E-state index contributed by atoms with van der Waals surface area (Å²) in [6.45, 7) is 6.61. The third kappa shape index (κ3) is 4.94. The molecule has 1 aromatic heterocycles. The van der Waals surface area contributed by atoms with E-state index in [2.05, 4.69) is 27.1 Å². The lowest BCUT2D eigenvalue weighted by Gasteiger charge is -2.32. The van der Waals surface area contributed by atoms with Gasteiger partial charge in [-0.25, -0.2) is 9.97 Å². The van der Waals surface area contributed by atoms with E-state index in [0.29, 0.717) is 29.0 Å². The van der Waals surface area contributed by atoms with Crippen LogP contribution in [0.5, 0.6) is 0 Å². The number of carbonyl (C=O) groups excluding carboxylic acids is 1. The summed E-state index contributed by atoms with van der Waals surface area (Å²) >= 11 is 5.89. The van der Waals surface area contributed by atoms with Gasteiger partial charge in [-0.05, 0) is 49.8 Å². The summed E-state index contributed by atoms with van der Waals surface area (Å²) < 4.78 is 0. The highest BCUT2D eigenvalue weighted by Gasteiger charge is 2.19. The first-order valence-electron chi connectivity index (χ1n) is 9.14. The van der Waals surface area contributed by atoms with Crippen LogP contribution in [0.1, 0.15) is 41.6 Å². The third-order valence-corrected chi connectivity index (χ3v) is 4.90. The van der Waals surface area contributed by atoms with E-state index in [4.69, 9.17) is 11.6 Å². The molecule has 6 heteroatoms. The molecule has 0 radical (unpaired) electrons. The zero-order chi connectivity index (χ0) is 18.5. The Labute approximate surface area is 159 Å². The summed E-state index contributed by atoms with van der Waals surface area (Å²) in [6.07, 6.45) is 3.16. The van der Waals surface area contributed by atoms with E-state index in [0.717, 1.165) is 37.3 Å². The second kappa shape index (κ2) is 8.49. The number of rotatable bonds is 5. The Hall–Kier alpha value is -2.14. The minimum Gasteiger partial charge on any atom is -0.356 e. The van der Waals surface area contributed by atoms with Crippen molar-refractivity contribution in [2.24, 2.45) is 5.92 Å². The van der Waals surface area contributed by atoms with Crippen molar-refractivity contribution in [3.63, 3.8) is 0 Å². The Kier molecular flexibility index (Phi) is 6.09. The number of hydrogen-bond acceptors (Lipinski definition) is 4. The molecule has 26 heavy (non-hydrogen) atoms. The Balaban J connectivity index is 1.62. The topological polar surface area (TPSA) is 58.1 Å². The number of piperidine rings is 1. The lowest BCUT2D eigenvalue weighted by molar-refractivity contribution is 0.0948. The Morgan fingerprint density at radius 3 is 2.81 bits per heavy atom. The van der Waals surface area contributed by atoms with Gasteiger partial charge in [-0.2, -0.15) is 0 Å². The number of halogens is 1. The molecular formula is C20H25ClN4O. The molecule has 0 saturated carbocycles. The molecule has 0 bridgehead atoms. The van der Waals surface area contributed by atoms with Crippen molar-refractivity contribution in [2.45, 2.75) is 33.1 Å². The molecule has 5 nitrogen and oxygen atoms in total. The number of hydrogen-bond donors (Lipinski definition) is 1. The molecule has 1 fully saturated rings. The average molecular weight is 373 g/mol. The van der Waals surface area contributed by atoms with Crippen molar-refractivity contribution in [3.8, 4) is 0 Å². The van der Waals surface area contributed by atoms with Crippen LogP contribution in [0.15, 0.2) is 30.3 Å². The maximum absolute atomic E-state index is 12.5. The van der Waals surface area contributed by atoms with Crippen LogP contribution in [0, 0.1) is 12.8 Å². The minimum atomic E-state index is -0.157. The van der Waals surface area contributed by atoms with E-state index in [1.54, 1.807) is 0 Å². The van der Waals surface area contributed by atoms with Crippen LogP contribution >= 0.6 is 11.6 Å². The molecule has 1 saturated heterocycles. The van der Waals surface area contributed by atoms with E-state index < -0.39 is 0 Å². The number of nitrogens with zero attached hydrogens (tertiary/aromatic N) is 3. The van der Waals surface area contributed by atoms with Gasteiger partial charge in [0.05, 0.1) is 0 Å². The van der Waals surface area contributed by atoms with Crippen LogP contribution in [0.4, 0.5) is 5.82 Å². The Morgan fingerprint density at radius 1 is 1.31 bits per heavy atom. The molecule has 2 heterocycles. The first-order chi connectivity index (χ1) is 12.5. The first kappa shape index (κ1) is 18.6. The zero-order valence-electron chi connectivity index (χ0n) is 15.3. The Bertz CT molecular complexity index is 763. The van der Waals surface area contributed by atoms with E-state index in [9.17, 15) is 4.79 Å². The van der Waals surface area contributed by atoms with Gasteiger partial charge < -0.3 is 10.2 Å². The minimum absolute atomic E-state index is 0.157. The van der Waals surface area contributed by atoms with Crippen molar-refractivity contribution in [2.75, 3.05) is 24.5 Å². The normalized spacial score (nSPS) is 17.2. The van der Waals surface area contributed by atoms with Crippen molar-refractivity contribution in [1.29, 1.82) is 0 Å². The average Bonchev–Trinajstić information content (AvgIpc) is 2.63. The maximum Gasteiger partial charge on any atom is 0.270 e. The second-order valence-corrected chi connectivity index (χ2v) is 7.42. The highest BCUT2D eigenvalue weighted by atomic mass is 35.5. The standard InChI is InChI=1S/C20H25ClN4O/c1-14-4-3-11-25(13-14)19-12-18(23-15(2)24-19)20(26)22-10-9-16-5-7-17(21)8-6-16/h5-8,12,14H,3-4,9-11,13H2,1-2H3,(H,22,26). The first-order valence-corrected chi connectivity index (χ1v) is 9.52. The van der Waals surface area contributed by atoms with E-state index in [1.165, 1.54) is 6.42 Å². The van der Waals surface area contributed by atoms with Gasteiger partial charge in [0.25, 0.3) is 5.91 Å². The van der Waals surface area contributed by atoms with Gasteiger partial charge in [-0.3, -0.25) is 4.79 Å². The quantitative estimate of drug-likeness (QED) is 0.870. The Morgan fingerprint density at radius 2 is 2.08 bits per heavy atom. The van der Waals surface area contributed by atoms with Gasteiger partial charge in [0, 0.05) is 30.7 Å². The summed E-state index contributed by atoms with van der Waals surface area (Å²) in [5.41, 5.74) is 1.57. The fourth-order valence-corrected chi connectivity index (χ4v) is 3.42. The maximum atomic E-state index is 12.5. The number of aromatic nitrogens is 2. The predicted octanol–water partition coefficient (Wildman–Crippen LogP) is 3.65. The van der Waals surface area contributed by atoms with Gasteiger partial charge in [-0.15, -0.1) is 0 Å². The highest BCUT2D eigenvalue weighted by Crippen LogP contribution is 2.21. The molecule has 1 unspecified atom stereocenters. The number of anilines is 1. The van der Waals surface area contributed by atoms with Crippen LogP contribution in [-0.2, 0) is 6.42 Å². The summed E-state index contributed by atoms with van der Waals surface area (Å²) in [4.78, 5) is 23.6. The lowest BCUT2D eigenvalue weighted by atomic mass is 10.0. The van der Waals surface area contributed by atoms with Crippen LogP contribution in [0.2, 0.25) is 5.02 Å². The highest BCUT2D eigenvalue weighted by molar-refractivity contribution is 6.30. The van der Waals surface area contributed by atoms with Crippen LogP contribution in [-0.4, -0.2) is 35.5 Å². The molecule has 1 amide bonds. The molecule has 1 N–H and O–H groups in total. The predicted molar refractivity (Wildman–Crippen MR) is 105 cm³/mol. The smallest absolute Gasteiger partial charge is 0.270 e. The number of carbonyl (C=O) groups is 1. The van der Waals surface area contributed by atoms with Gasteiger partial charge in [0.1, 0.15) is 17.3 Å². The second-order valence-electron chi connectivity index (χ2n) is 6.98. The molecule has 1 aliphatic heterocycles. The molecule has 138 valence electrons. The summed E-state index contributed by atoms with van der Waals surface area (Å²) in [5, 5.41) is 3.66. The SMILES string of the molecule is Cc1nc(C(=O)NCCc2ccc(Cl)cc2)cc(N2CCCC(C)C2)n1. The molecule has 0 spiro atoms. The van der Waals surface area contributed by atoms with Gasteiger partial charge in [0.2, 0.25) is 0 Å². The molecule has 0 aliphatic carbocycles. The van der Waals surface area contributed by atoms with Crippen molar-refractivity contribution in [3.05, 3.63) is 52.4 Å². The van der Waals surface area contributed by atoms with Crippen LogP contribution < -0.4 is 10.2 Å². The molecule has 1 aromatic carbocycles. The summed E-state index contributed by atoms with van der Waals surface area (Å²) in [6, 6.07) is 9.47. The van der Waals surface area contributed by atoms with E-state index in [-0.39, 0.29) is 5.91 Å². The van der Waals surface area contributed by atoms with E-state index >= 15 is 0 Å². The summed E-state index contributed by atoms with van der Waals surface area (Å²) in [5.74, 6) is 1.97. The molecule has 3 rings (SSSR count). The van der Waals surface area contributed by atoms with Crippen molar-refractivity contribution < 1.29 is 4.79 Å². The van der Waals surface area contributed by atoms with Gasteiger partial charge >= 0.3 is 0 Å². The number of nitrogens with one attached hydrogen (secondary N) is 1. The number of amides is 1. The largest absolute Gasteiger partial charge is 0.356 e. The van der Waals surface area contributed by atoms with Gasteiger partial charge in [0.15, 0.2) is 0 Å². The fourth-order valence-electron chi connectivity index (χ4n) is 3.29. The van der Waals surface area contributed by atoms with Crippen molar-refractivity contribution >= 4 is 23.3 Å². The molecule has 2 aromatic rings. The lowest BCUT2D eigenvalue weighted by Crippen LogP contribution is -2.35. The van der Waals surface area contributed by atoms with Crippen LogP contribution in [0.3, 0.4) is 0 Å². The summed E-state index contributed by atoms with van der Waals surface area (Å²) in [7, 11) is 0. The molecule has 1 aliphatic rings. The molecule has 1 atom stereocenters. The van der Waals surface area contributed by atoms with Crippen LogP contribution in [0.25, 0.3) is 0 Å². The van der Waals surface area contributed by atoms with Crippen molar-refractivity contribution in [1.82, 2.24) is 15.3 Å². The number of benzene rings is 1. The third-order valence-electron chi connectivity index (χ3n) is 4.65. The number of aryl methyl sites for hydroxylation is 1. The fraction of sp³-hybridized carbons (Fsp3) is 0.450. The monoisotopic (exact) mass is 372 g/mol.